The van der Waals surface area contributed by atoms with Crippen LogP contribution in [0.5, 0.6) is 0 Å². The maximum atomic E-state index is 10.5. The molecule has 1 aromatic carbocycles. The van der Waals surface area contributed by atoms with Gasteiger partial charge >= 0.3 is 0 Å². The maximum absolute atomic E-state index is 10.5. The van der Waals surface area contributed by atoms with E-state index in [1.807, 2.05) is 6.07 Å². The molecule has 2 atom stereocenters. The molecule has 1 saturated carbocycles. The van der Waals surface area contributed by atoms with Crippen molar-refractivity contribution in [2.24, 2.45) is 5.92 Å². The zero-order valence-corrected chi connectivity index (χ0v) is 12.6. The lowest BCUT2D eigenvalue weighted by Crippen LogP contribution is -2.31. The van der Waals surface area contributed by atoms with Crippen LogP contribution in [0.15, 0.2) is 18.2 Å². The predicted molar refractivity (Wildman–Crippen MR) is 78.8 cm³/mol. The zero-order chi connectivity index (χ0) is 13.8. The first kappa shape index (κ1) is 15.1. The van der Waals surface area contributed by atoms with Crippen LogP contribution in [0.1, 0.15) is 43.8 Å². The highest BCUT2D eigenvalue weighted by Crippen LogP contribution is 2.35. The van der Waals surface area contributed by atoms with E-state index in [9.17, 15) is 5.11 Å². The van der Waals surface area contributed by atoms with Crippen LogP contribution in [0.3, 0.4) is 0 Å². The summed E-state index contributed by atoms with van der Waals surface area (Å²) >= 11 is 11.9. The summed E-state index contributed by atoms with van der Waals surface area (Å²) in [7, 11) is 1.67. The van der Waals surface area contributed by atoms with Gasteiger partial charge in [-0.25, -0.2) is 0 Å². The van der Waals surface area contributed by atoms with E-state index in [4.69, 9.17) is 27.9 Å². The molecular formula is C15H20Cl2O2. The second-order valence-corrected chi connectivity index (χ2v) is 6.03. The summed E-state index contributed by atoms with van der Waals surface area (Å²) in [6.45, 7) is 0. The van der Waals surface area contributed by atoms with Crippen LogP contribution < -0.4 is 0 Å². The van der Waals surface area contributed by atoms with Crippen molar-refractivity contribution in [1.29, 1.82) is 0 Å². The van der Waals surface area contributed by atoms with E-state index in [0.29, 0.717) is 16.0 Å². The fourth-order valence-corrected chi connectivity index (χ4v) is 3.23. The van der Waals surface area contributed by atoms with Crippen LogP contribution in [-0.2, 0) is 4.74 Å². The quantitative estimate of drug-likeness (QED) is 0.879. The van der Waals surface area contributed by atoms with E-state index in [-0.39, 0.29) is 6.10 Å². The van der Waals surface area contributed by atoms with Gasteiger partial charge in [0, 0.05) is 7.11 Å². The molecule has 1 aromatic rings. The van der Waals surface area contributed by atoms with Crippen LogP contribution in [0.2, 0.25) is 10.0 Å². The molecule has 1 fully saturated rings. The van der Waals surface area contributed by atoms with Gasteiger partial charge < -0.3 is 9.84 Å². The van der Waals surface area contributed by atoms with Crippen molar-refractivity contribution in [2.45, 2.75) is 44.3 Å². The number of aliphatic hydroxyl groups is 1. The molecule has 106 valence electrons. The van der Waals surface area contributed by atoms with E-state index < -0.39 is 6.10 Å². The molecule has 0 aliphatic heterocycles. The second kappa shape index (κ2) is 6.94. The molecule has 0 radical (unpaired) electrons. The molecule has 0 bridgehead atoms. The van der Waals surface area contributed by atoms with E-state index >= 15 is 0 Å². The van der Waals surface area contributed by atoms with E-state index in [1.54, 1.807) is 19.2 Å². The lowest BCUT2D eigenvalue weighted by atomic mass is 9.82. The summed E-state index contributed by atoms with van der Waals surface area (Å²) < 4.78 is 5.55. The van der Waals surface area contributed by atoms with Crippen LogP contribution in [0.25, 0.3) is 0 Å². The largest absolute Gasteiger partial charge is 0.386 e. The Balaban J connectivity index is 2.14. The minimum absolute atomic E-state index is 0.169. The number of methoxy groups -OCH3 is 1. The highest BCUT2D eigenvalue weighted by molar-refractivity contribution is 6.42. The van der Waals surface area contributed by atoms with Gasteiger partial charge in [-0.05, 0) is 36.5 Å². The SMILES string of the molecule is COC(C1CCCCC1)C(O)c1ccc(Cl)c(Cl)c1. The summed E-state index contributed by atoms with van der Waals surface area (Å²) in [6.07, 6.45) is 5.15. The van der Waals surface area contributed by atoms with Crippen LogP contribution >= 0.6 is 23.2 Å². The Morgan fingerprint density at radius 1 is 1.16 bits per heavy atom. The fourth-order valence-electron chi connectivity index (χ4n) is 2.93. The van der Waals surface area contributed by atoms with Crippen molar-refractivity contribution < 1.29 is 9.84 Å². The van der Waals surface area contributed by atoms with Crippen molar-refractivity contribution in [1.82, 2.24) is 0 Å². The Morgan fingerprint density at radius 2 is 1.84 bits per heavy atom. The van der Waals surface area contributed by atoms with Gasteiger partial charge in [0.15, 0.2) is 0 Å². The molecular weight excluding hydrogens is 283 g/mol. The fraction of sp³-hybridized carbons (Fsp3) is 0.600. The van der Waals surface area contributed by atoms with Crippen LogP contribution in [0.4, 0.5) is 0 Å². The third-order valence-electron chi connectivity index (χ3n) is 3.98. The third kappa shape index (κ3) is 3.63. The van der Waals surface area contributed by atoms with Crippen LogP contribution in [-0.4, -0.2) is 18.3 Å². The van der Waals surface area contributed by atoms with Crippen molar-refractivity contribution in [3.8, 4) is 0 Å². The van der Waals surface area contributed by atoms with Gasteiger partial charge in [0.25, 0.3) is 0 Å². The Hall–Kier alpha value is -0.280. The van der Waals surface area contributed by atoms with Gasteiger partial charge in [-0.15, -0.1) is 0 Å². The topological polar surface area (TPSA) is 29.5 Å². The van der Waals surface area contributed by atoms with E-state index in [0.717, 1.165) is 18.4 Å². The molecule has 0 saturated heterocycles. The predicted octanol–water partition coefficient (Wildman–Crippen LogP) is 4.62. The molecule has 0 aromatic heterocycles. The second-order valence-electron chi connectivity index (χ2n) is 5.22. The highest BCUT2D eigenvalue weighted by Gasteiger charge is 2.30. The first-order chi connectivity index (χ1) is 9.13. The molecule has 1 aliphatic rings. The minimum Gasteiger partial charge on any atom is -0.386 e. The van der Waals surface area contributed by atoms with Crippen molar-refractivity contribution in [3.05, 3.63) is 33.8 Å². The molecule has 19 heavy (non-hydrogen) atoms. The minimum atomic E-state index is -0.650. The molecule has 0 amide bonds. The maximum Gasteiger partial charge on any atom is 0.105 e. The Labute approximate surface area is 124 Å². The summed E-state index contributed by atoms with van der Waals surface area (Å²) in [6, 6.07) is 5.26. The van der Waals surface area contributed by atoms with Gasteiger partial charge in [-0.1, -0.05) is 48.5 Å². The molecule has 0 spiro atoms. The molecule has 0 heterocycles. The smallest absolute Gasteiger partial charge is 0.105 e. The normalized spacial score (nSPS) is 20.2. The number of benzene rings is 1. The molecule has 1 N–H and O–H groups in total. The first-order valence-corrected chi connectivity index (χ1v) is 7.55. The number of ether oxygens (including phenoxy) is 1. The summed E-state index contributed by atoms with van der Waals surface area (Å²) in [5.41, 5.74) is 0.770. The number of aliphatic hydroxyl groups excluding tert-OH is 1. The average molecular weight is 303 g/mol. The summed E-state index contributed by atoms with van der Waals surface area (Å²) in [5.74, 6) is 0.420. The molecule has 4 heteroatoms. The Bertz CT molecular complexity index is 417. The average Bonchev–Trinajstić information content (AvgIpc) is 2.44. The van der Waals surface area contributed by atoms with Crippen molar-refractivity contribution in [3.63, 3.8) is 0 Å². The van der Waals surface area contributed by atoms with Gasteiger partial charge in [0.05, 0.1) is 16.1 Å². The first-order valence-electron chi connectivity index (χ1n) is 6.79. The molecule has 1 aliphatic carbocycles. The van der Waals surface area contributed by atoms with E-state index in [2.05, 4.69) is 0 Å². The van der Waals surface area contributed by atoms with Gasteiger partial charge in [-0.2, -0.15) is 0 Å². The Kier molecular flexibility index (Phi) is 5.52. The lowest BCUT2D eigenvalue weighted by molar-refractivity contribution is -0.0559. The third-order valence-corrected chi connectivity index (χ3v) is 4.72. The monoisotopic (exact) mass is 302 g/mol. The molecule has 2 unspecified atom stereocenters. The Morgan fingerprint density at radius 3 is 2.42 bits per heavy atom. The van der Waals surface area contributed by atoms with E-state index in [1.165, 1.54) is 19.3 Å². The number of hydrogen-bond donors (Lipinski definition) is 1. The zero-order valence-electron chi connectivity index (χ0n) is 11.1. The van der Waals surface area contributed by atoms with Gasteiger partial charge in [0.2, 0.25) is 0 Å². The molecule has 2 nitrogen and oxygen atoms in total. The van der Waals surface area contributed by atoms with Crippen LogP contribution in [0, 0.1) is 5.92 Å². The molecule has 2 rings (SSSR count). The number of rotatable bonds is 4. The van der Waals surface area contributed by atoms with Gasteiger partial charge in [-0.3, -0.25) is 0 Å². The number of halogens is 2. The highest BCUT2D eigenvalue weighted by atomic mass is 35.5. The van der Waals surface area contributed by atoms with Crippen molar-refractivity contribution >= 4 is 23.2 Å². The summed E-state index contributed by atoms with van der Waals surface area (Å²) in [5, 5.41) is 11.5. The summed E-state index contributed by atoms with van der Waals surface area (Å²) in [4.78, 5) is 0. The lowest BCUT2D eigenvalue weighted by Gasteiger charge is -2.32. The van der Waals surface area contributed by atoms with Gasteiger partial charge in [0.1, 0.15) is 6.10 Å². The standard InChI is InChI=1S/C15H20Cl2O2/c1-19-15(10-5-3-2-4-6-10)14(18)11-7-8-12(16)13(17)9-11/h7-10,14-15,18H,2-6H2,1H3. The number of hydrogen-bond acceptors (Lipinski definition) is 2. The van der Waals surface area contributed by atoms with Crippen molar-refractivity contribution in [2.75, 3.05) is 7.11 Å².